The summed E-state index contributed by atoms with van der Waals surface area (Å²) < 4.78 is 0. The van der Waals surface area contributed by atoms with Crippen molar-refractivity contribution in [2.45, 2.75) is 34.6 Å². The van der Waals surface area contributed by atoms with E-state index in [1.807, 2.05) is 71.0 Å². The highest BCUT2D eigenvalue weighted by Gasteiger charge is 2.41. The van der Waals surface area contributed by atoms with Gasteiger partial charge in [-0.1, -0.05) is 41.9 Å². The third kappa shape index (κ3) is 3.71. The Kier molecular flexibility index (Phi) is 5.66. The van der Waals surface area contributed by atoms with Gasteiger partial charge < -0.3 is 5.32 Å². The van der Waals surface area contributed by atoms with E-state index in [-0.39, 0.29) is 17.5 Å². The Hall–Kier alpha value is -3.37. The number of anilines is 2. The topological polar surface area (TPSA) is 49.4 Å². The van der Waals surface area contributed by atoms with Crippen molar-refractivity contribution in [1.29, 1.82) is 0 Å². The van der Waals surface area contributed by atoms with Gasteiger partial charge in [-0.05, 0) is 92.3 Å². The quantitative estimate of drug-likeness (QED) is 0.482. The molecule has 0 radical (unpaired) electrons. The van der Waals surface area contributed by atoms with Crippen LogP contribution in [0.4, 0.5) is 11.4 Å². The highest BCUT2D eigenvalue weighted by molar-refractivity contribution is 6.46. The van der Waals surface area contributed by atoms with E-state index in [0.29, 0.717) is 21.8 Å². The van der Waals surface area contributed by atoms with Gasteiger partial charge in [-0.2, -0.15) is 0 Å². The number of benzene rings is 3. The monoisotopic (exact) mass is 444 g/mol. The number of carbonyl (C=O) groups excluding carboxylic acids is 2. The molecule has 0 atom stereocenters. The number of nitrogens with zero attached hydrogens (tertiary/aromatic N) is 1. The molecule has 1 N–H and O–H groups in total. The number of nitrogens with one attached hydrogen (secondary N) is 1. The van der Waals surface area contributed by atoms with E-state index in [4.69, 9.17) is 11.6 Å². The highest BCUT2D eigenvalue weighted by Crippen LogP contribution is 2.36. The van der Waals surface area contributed by atoms with Crippen LogP contribution >= 0.6 is 11.6 Å². The largest absolute Gasteiger partial charge is 0.350 e. The van der Waals surface area contributed by atoms with Gasteiger partial charge >= 0.3 is 0 Å². The Labute approximate surface area is 193 Å². The van der Waals surface area contributed by atoms with Gasteiger partial charge in [0.1, 0.15) is 5.70 Å². The fourth-order valence-corrected chi connectivity index (χ4v) is 4.15. The van der Waals surface area contributed by atoms with Crippen LogP contribution in [-0.4, -0.2) is 11.8 Å². The number of aryl methyl sites for hydroxylation is 4. The maximum Gasteiger partial charge on any atom is 0.282 e. The van der Waals surface area contributed by atoms with E-state index in [1.54, 1.807) is 18.2 Å². The number of hydrogen-bond donors (Lipinski definition) is 1. The molecule has 1 heterocycles. The second-order valence-electron chi connectivity index (χ2n) is 8.30. The van der Waals surface area contributed by atoms with Gasteiger partial charge in [0.25, 0.3) is 11.8 Å². The molecule has 1 aliphatic rings. The highest BCUT2D eigenvalue weighted by atomic mass is 35.5. The zero-order chi connectivity index (χ0) is 23.2. The Morgan fingerprint density at radius 3 is 2.19 bits per heavy atom. The summed E-state index contributed by atoms with van der Waals surface area (Å²) in [6, 6.07) is 16.9. The van der Waals surface area contributed by atoms with E-state index in [2.05, 4.69) is 5.32 Å². The van der Waals surface area contributed by atoms with Crippen LogP contribution in [0.2, 0.25) is 5.02 Å². The van der Waals surface area contributed by atoms with Crippen molar-refractivity contribution in [1.82, 2.24) is 0 Å². The SMILES string of the molecule is Cc1ccc(C2=C(Nc3cccc(C)c3C)C(=O)N(c3ccc(Cl)cc3C)C2=O)cc1C. The standard InChI is InChI=1S/C27H25ClN2O2/c1-15-9-10-20(13-17(15)3)24-25(29-22-8-6-7-16(2)19(22)5)27(32)30(26(24)31)23-12-11-21(28)14-18(23)4/h6-14,29H,1-5H3. The van der Waals surface area contributed by atoms with Crippen LogP contribution in [0.15, 0.2) is 60.3 Å². The van der Waals surface area contributed by atoms with Crippen LogP contribution in [-0.2, 0) is 9.59 Å². The minimum atomic E-state index is -0.380. The van der Waals surface area contributed by atoms with Gasteiger partial charge in [0, 0.05) is 10.7 Å². The van der Waals surface area contributed by atoms with Crippen LogP contribution < -0.4 is 10.2 Å². The lowest BCUT2D eigenvalue weighted by Crippen LogP contribution is -2.33. The molecule has 4 nitrogen and oxygen atoms in total. The number of halogens is 1. The summed E-state index contributed by atoms with van der Waals surface area (Å²) in [5.74, 6) is -0.731. The van der Waals surface area contributed by atoms with E-state index in [0.717, 1.165) is 33.5 Å². The summed E-state index contributed by atoms with van der Waals surface area (Å²) in [7, 11) is 0. The predicted molar refractivity (Wildman–Crippen MR) is 131 cm³/mol. The minimum absolute atomic E-state index is 0.279. The molecular weight excluding hydrogens is 420 g/mol. The van der Waals surface area contributed by atoms with Gasteiger partial charge in [0.05, 0.1) is 11.3 Å². The summed E-state index contributed by atoms with van der Waals surface area (Å²) in [6.07, 6.45) is 0. The van der Waals surface area contributed by atoms with Crippen LogP contribution in [0.1, 0.15) is 33.4 Å². The first-order chi connectivity index (χ1) is 15.2. The normalized spacial score (nSPS) is 13.9. The maximum atomic E-state index is 13.7. The van der Waals surface area contributed by atoms with Crippen LogP contribution in [0.3, 0.4) is 0 Å². The second-order valence-corrected chi connectivity index (χ2v) is 8.73. The smallest absolute Gasteiger partial charge is 0.282 e. The summed E-state index contributed by atoms with van der Waals surface area (Å²) >= 11 is 6.11. The minimum Gasteiger partial charge on any atom is -0.350 e. The average molecular weight is 445 g/mol. The van der Waals surface area contributed by atoms with Crippen molar-refractivity contribution in [3.63, 3.8) is 0 Å². The molecule has 0 unspecified atom stereocenters. The van der Waals surface area contributed by atoms with Gasteiger partial charge in [-0.15, -0.1) is 0 Å². The van der Waals surface area contributed by atoms with Crippen molar-refractivity contribution in [2.75, 3.05) is 10.2 Å². The first-order valence-electron chi connectivity index (χ1n) is 10.5. The summed E-state index contributed by atoms with van der Waals surface area (Å²) in [5.41, 5.74) is 7.77. The fraction of sp³-hybridized carbons (Fsp3) is 0.185. The van der Waals surface area contributed by atoms with Crippen molar-refractivity contribution in [3.05, 3.63) is 98.7 Å². The number of carbonyl (C=O) groups is 2. The Bertz CT molecular complexity index is 1310. The molecule has 0 fully saturated rings. The first kappa shape index (κ1) is 21.8. The molecule has 0 spiro atoms. The zero-order valence-electron chi connectivity index (χ0n) is 18.8. The molecular formula is C27H25ClN2O2. The third-order valence-electron chi connectivity index (χ3n) is 6.14. The third-order valence-corrected chi connectivity index (χ3v) is 6.38. The predicted octanol–water partition coefficient (Wildman–Crippen LogP) is 6.28. The number of amides is 2. The maximum absolute atomic E-state index is 13.7. The summed E-state index contributed by atoms with van der Waals surface area (Å²) in [5, 5.41) is 3.84. The lowest BCUT2D eigenvalue weighted by Gasteiger charge is -2.18. The van der Waals surface area contributed by atoms with Crippen molar-refractivity contribution < 1.29 is 9.59 Å². The fourth-order valence-electron chi connectivity index (χ4n) is 3.92. The molecule has 0 saturated carbocycles. The van der Waals surface area contributed by atoms with E-state index >= 15 is 0 Å². The average Bonchev–Trinajstić information content (AvgIpc) is 2.98. The Morgan fingerprint density at radius 1 is 0.750 bits per heavy atom. The summed E-state index contributed by atoms with van der Waals surface area (Å²) in [6.45, 7) is 9.88. The van der Waals surface area contributed by atoms with Crippen molar-refractivity contribution >= 4 is 40.4 Å². The number of hydrogen-bond acceptors (Lipinski definition) is 3. The van der Waals surface area contributed by atoms with Crippen LogP contribution in [0.5, 0.6) is 0 Å². The molecule has 0 saturated heterocycles. The molecule has 0 bridgehead atoms. The van der Waals surface area contributed by atoms with Crippen molar-refractivity contribution in [2.24, 2.45) is 0 Å². The van der Waals surface area contributed by atoms with Gasteiger partial charge in [-0.3, -0.25) is 9.59 Å². The molecule has 1 aliphatic heterocycles. The van der Waals surface area contributed by atoms with Gasteiger partial charge in [0.2, 0.25) is 0 Å². The zero-order valence-corrected chi connectivity index (χ0v) is 19.6. The molecule has 2 amide bonds. The van der Waals surface area contributed by atoms with Crippen molar-refractivity contribution in [3.8, 4) is 0 Å². The lowest BCUT2D eigenvalue weighted by atomic mass is 9.99. The van der Waals surface area contributed by atoms with Crippen LogP contribution in [0, 0.1) is 34.6 Å². The number of rotatable bonds is 4. The molecule has 32 heavy (non-hydrogen) atoms. The van der Waals surface area contributed by atoms with Gasteiger partial charge in [-0.25, -0.2) is 4.90 Å². The second kappa shape index (κ2) is 8.29. The Morgan fingerprint density at radius 2 is 1.50 bits per heavy atom. The molecule has 4 rings (SSSR count). The molecule has 0 aromatic heterocycles. The van der Waals surface area contributed by atoms with Crippen LogP contribution in [0.25, 0.3) is 5.57 Å². The molecule has 162 valence electrons. The van der Waals surface area contributed by atoms with E-state index < -0.39 is 0 Å². The molecule has 3 aromatic rings. The first-order valence-corrected chi connectivity index (χ1v) is 10.9. The Balaban J connectivity index is 1.89. The molecule has 5 heteroatoms. The molecule has 0 aliphatic carbocycles. The van der Waals surface area contributed by atoms with E-state index in [9.17, 15) is 9.59 Å². The van der Waals surface area contributed by atoms with Gasteiger partial charge in [0.15, 0.2) is 0 Å². The summed E-state index contributed by atoms with van der Waals surface area (Å²) in [4.78, 5) is 28.6. The molecule has 3 aromatic carbocycles. The van der Waals surface area contributed by atoms with E-state index in [1.165, 1.54) is 4.90 Å². The lowest BCUT2D eigenvalue weighted by molar-refractivity contribution is -0.120. The number of imide groups is 1.